The zero-order valence-corrected chi connectivity index (χ0v) is 12.0. The quantitative estimate of drug-likeness (QED) is 0.635. The third-order valence-corrected chi connectivity index (χ3v) is 3.91. The Morgan fingerprint density at radius 3 is 2.89 bits per heavy atom. The van der Waals surface area contributed by atoms with Gasteiger partial charge in [-0.05, 0) is 42.1 Å². The summed E-state index contributed by atoms with van der Waals surface area (Å²) in [5, 5.41) is 4.66. The van der Waals surface area contributed by atoms with Gasteiger partial charge in [-0.1, -0.05) is 15.9 Å². The largest absolute Gasteiger partial charge is 0.452 e. The van der Waals surface area contributed by atoms with E-state index in [1.807, 2.05) is 35.9 Å². The Balaban J connectivity index is 2.14. The number of thiophene rings is 1. The summed E-state index contributed by atoms with van der Waals surface area (Å²) < 4.78 is 6.66. The molecule has 2 nitrogen and oxygen atoms in total. The van der Waals surface area contributed by atoms with Crippen LogP contribution in [0, 0.1) is 6.92 Å². The van der Waals surface area contributed by atoms with Crippen molar-refractivity contribution in [1.29, 1.82) is 0 Å². The van der Waals surface area contributed by atoms with E-state index in [0.717, 1.165) is 21.0 Å². The number of fused-ring (bicyclic) bond motifs is 1. The zero-order chi connectivity index (χ0) is 12.7. The second kappa shape index (κ2) is 4.37. The summed E-state index contributed by atoms with van der Waals surface area (Å²) in [5.41, 5.74) is 2.47. The first-order valence-corrected chi connectivity index (χ1v) is 7.15. The molecule has 0 aliphatic heterocycles. The van der Waals surface area contributed by atoms with Gasteiger partial charge in [0.05, 0.1) is 0 Å². The maximum Gasteiger partial charge on any atom is 0.229 e. The molecule has 4 heteroatoms. The van der Waals surface area contributed by atoms with Crippen LogP contribution in [0.5, 0.6) is 0 Å². The molecule has 0 bridgehead atoms. The second-order valence-corrected chi connectivity index (χ2v) is 5.79. The number of rotatable bonds is 2. The molecule has 0 spiro atoms. The molecule has 0 saturated carbocycles. The van der Waals surface area contributed by atoms with Crippen molar-refractivity contribution in [1.82, 2.24) is 0 Å². The van der Waals surface area contributed by atoms with Gasteiger partial charge in [-0.25, -0.2) is 0 Å². The normalized spacial score (nSPS) is 11.0. The number of aryl methyl sites for hydroxylation is 1. The average molecular weight is 321 g/mol. The maximum atomic E-state index is 12.2. The summed E-state index contributed by atoms with van der Waals surface area (Å²) >= 11 is 4.95. The van der Waals surface area contributed by atoms with Gasteiger partial charge < -0.3 is 4.42 Å². The van der Waals surface area contributed by atoms with Crippen LogP contribution >= 0.6 is 27.3 Å². The van der Waals surface area contributed by atoms with Crippen LogP contribution in [0.25, 0.3) is 11.0 Å². The molecule has 0 N–H and O–H groups in total. The van der Waals surface area contributed by atoms with Gasteiger partial charge in [0.25, 0.3) is 0 Å². The Kier molecular flexibility index (Phi) is 2.84. The third kappa shape index (κ3) is 1.91. The lowest BCUT2D eigenvalue weighted by atomic mass is 10.1. The van der Waals surface area contributed by atoms with Crippen molar-refractivity contribution >= 4 is 44.0 Å². The number of hydrogen-bond acceptors (Lipinski definition) is 3. The minimum absolute atomic E-state index is 0.0667. The molecule has 2 aromatic heterocycles. The SMILES string of the molecule is Cc1cc(Br)cc2cc(C(=O)c3ccsc3)oc12. The Morgan fingerprint density at radius 2 is 2.17 bits per heavy atom. The van der Waals surface area contributed by atoms with Gasteiger partial charge in [0.2, 0.25) is 5.78 Å². The lowest BCUT2D eigenvalue weighted by Crippen LogP contribution is -1.96. The topological polar surface area (TPSA) is 30.2 Å². The Hall–Kier alpha value is -1.39. The van der Waals surface area contributed by atoms with Gasteiger partial charge in [-0.15, -0.1) is 0 Å². The van der Waals surface area contributed by atoms with E-state index in [1.165, 1.54) is 11.3 Å². The van der Waals surface area contributed by atoms with E-state index < -0.39 is 0 Å². The van der Waals surface area contributed by atoms with Crippen molar-refractivity contribution in [2.75, 3.05) is 0 Å². The fourth-order valence-electron chi connectivity index (χ4n) is 1.93. The molecule has 0 saturated heterocycles. The standard InChI is InChI=1S/C14H9BrO2S/c1-8-4-11(15)5-10-6-12(17-14(8)10)13(16)9-2-3-18-7-9/h2-7H,1H3. The van der Waals surface area contributed by atoms with Gasteiger partial charge in [-0.2, -0.15) is 11.3 Å². The lowest BCUT2D eigenvalue weighted by molar-refractivity contribution is 0.101. The monoisotopic (exact) mass is 320 g/mol. The van der Waals surface area contributed by atoms with Crippen LogP contribution in [0.1, 0.15) is 21.7 Å². The molecule has 0 unspecified atom stereocenters. The van der Waals surface area contributed by atoms with E-state index in [-0.39, 0.29) is 5.78 Å². The minimum Gasteiger partial charge on any atom is -0.452 e. The predicted octanol–water partition coefficient (Wildman–Crippen LogP) is 4.80. The molecule has 0 amide bonds. The number of halogens is 1. The number of benzene rings is 1. The van der Waals surface area contributed by atoms with Gasteiger partial charge in [0.15, 0.2) is 5.76 Å². The molecular formula is C14H9BrO2S. The Bertz CT molecular complexity index is 726. The van der Waals surface area contributed by atoms with Crippen molar-refractivity contribution in [2.24, 2.45) is 0 Å². The molecule has 1 aromatic carbocycles. The summed E-state index contributed by atoms with van der Waals surface area (Å²) in [4.78, 5) is 12.2. The molecule has 18 heavy (non-hydrogen) atoms. The van der Waals surface area contributed by atoms with E-state index in [9.17, 15) is 4.79 Å². The van der Waals surface area contributed by atoms with E-state index in [0.29, 0.717) is 11.3 Å². The van der Waals surface area contributed by atoms with E-state index >= 15 is 0 Å². The van der Waals surface area contributed by atoms with Gasteiger partial charge >= 0.3 is 0 Å². The van der Waals surface area contributed by atoms with Crippen molar-refractivity contribution in [3.05, 3.63) is 56.4 Å². The van der Waals surface area contributed by atoms with Crippen molar-refractivity contribution < 1.29 is 9.21 Å². The first kappa shape index (κ1) is 11.7. The van der Waals surface area contributed by atoms with Crippen molar-refractivity contribution in [3.8, 4) is 0 Å². The number of furan rings is 1. The van der Waals surface area contributed by atoms with Gasteiger partial charge in [-0.3, -0.25) is 4.79 Å². The zero-order valence-electron chi connectivity index (χ0n) is 9.57. The third-order valence-electron chi connectivity index (χ3n) is 2.77. The smallest absolute Gasteiger partial charge is 0.229 e. The van der Waals surface area contributed by atoms with Crippen LogP contribution in [-0.4, -0.2) is 5.78 Å². The summed E-state index contributed by atoms with van der Waals surface area (Å²) in [6.45, 7) is 1.97. The summed E-state index contributed by atoms with van der Waals surface area (Å²) in [7, 11) is 0. The van der Waals surface area contributed by atoms with Crippen LogP contribution in [0.15, 0.2) is 43.9 Å². The molecule has 0 radical (unpaired) electrons. The van der Waals surface area contributed by atoms with Crippen LogP contribution in [0.4, 0.5) is 0 Å². The highest BCUT2D eigenvalue weighted by Crippen LogP contribution is 2.28. The van der Waals surface area contributed by atoms with Crippen LogP contribution in [0.2, 0.25) is 0 Å². The van der Waals surface area contributed by atoms with Crippen molar-refractivity contribution in [3.63, 3.8) is 0 Å². The number of carbonyl (C=O) groups is 1. The summed E-state index contributed by atoms with van der Waals surface area (Å²) in [5.74, 6) is 0.326. The molecule has 90 valence electrons. The van der Waals surface area contributed by atoms with Crippen LogP contribution in [-0.2, 0) is 0 Å². The van der Waals surface area contributed by atoms with E-state index in [2.05, 4.69) is 15.9 Å². The predicted molar refractivity (Wildman–Crippen MR) is 76.4 cm³/mol. The maximum absolute atomic E-state index is 12.2. The van der Waals surface area contributed by atoms with Crippen molar-refractivity contribution in [2.45, 2.75) is 6.92 Å². The highest BCUT2D eigenvalue weighted by atomic mass is 79.9. The fraction of sp³-hybridized carbons (Fsp3) is 0.0714. The first-order chi connectivity index (χ1) is 8.65. The molecule has 0 aliphatic carbocycles. The lowest BCUT2D eigenvalue weighted by Gasteiger charge is -1.95. The number of hydrogen-bond donors (Lipinski definition) is 0. The van der Waals surface area contributed by atoms with Crippen LogP contribution < -0.4 is 0 Å². The number of carbonyl (C=O) groups excluding carboxylic acids is 1. The Labute approximate surface area is 116 Å². The first-order valence-electron chi connectivity index (χ1n) is 5.42. The minimum atomic E-state index is -0.0667. The average Bonchev–Trinajstić information content (AvgIpc) is 2.96. The van der Waals surface area contributed by atoms with Crippen LogP contribution in [0.3, 0.4) is 0 Å². The van der Waals surface area contributed by atoms with Gasteiger partial charge in [0, 0.05) is 20.8 Å². The molecule has 3 aromatic rings. The molecule has 0 fully saturated rings. The van der Waals surface area contributed by atoms with E-state index in [1.54, 1.807) is 6.07 Å². The van der Waals surface area contributed by atoms with Gasteiger partial charge in [0.1, 0.15) is 5.58 Å². The highest BCUT2D eigenvalue weighted by Gasteiger charge is 2.16. The summed E-state index contributed by atoms with van der Waals surface area (Å²) in [6, 6.07) is 7.54. The number of ketones is 1. The molecule has 3 rings (SSSR count). The Morgan fingerprint density at radius 1 is 1.33 bits per heavy atom. The van der Waals surface area contributed by atoms with E-state index in [4.69, 9.17) is 4.42 Å². The fourth-order valence-corrected chi connectivity index (χ4v) is 3.16. The second-order valence-electron chi connectivity index (χ2n) is 4.09. The summed E-state index contributed by atoms with van der Waals surface area (Å²) in [6.07, 6.45) is 0. The molecule has 2 heterocycles. The molecular weight excluding hydrogens is 312 g/mol. The molecule has 0 aliphatic rings. The highest BCUT2D eigenvalue weighted by molar-refractivity contribution is 9.10. The molecule has 0 atom stereocenters.